The lowest BCUT2D eigenvalue weighted by Crippen LogP contribution is -1.91. The quantitative estimate of drug-likeness (QED) is 0.508. The third-order valence-corrected chi connectivity index (χ3v) is 0.618. The fraction of sp³-hybridized carbons (Fsp3) is 0.300. The number of allylic oxidation sites excluding steroid dienone is 3. The summed E-state index contributed by atoms with van der Waals surface area (Å²) in [4.78, 5) is 3.76. The predicted molar refractivity (Wildman–Crippen MR) is 57.1 cm³/mol. The summed E-state index contributed by atoms with van der Waals surface area (Å²) in [7, 11) is 0. The maximum Gasteiger partial charge on any atom is 0.123 e. The number of rotatable bonds is 3. The molecule has 0 fully saturated rings. The fourth-order valence-corrected chi connectivity index (χ4v) is 0.303. The largest absolute Gasteiger partial charge is 0.384 e. The van der Waals surface area contributed by atoms with E-state index in [9.17, 15) is 0 Å². The van der Waals surface area contributed by atoms with Crippen molar-refractivity contribution in [3.8, 4) is 0 Å². The van der Waals surface area contributed by atoms with Gasteiger partial charge in [-0.1, -0.05) is 45.6 Å². The van der Waals surface area contributed by atoms with E-state index >= 15 is 0 Å². The molecule has 0 aliphatic heterocycles. The van der Waals surface area contributed by atoms with Crippen LogP contribution in [0.1, 0.15) is 20.3 Å². The van der Waals surface area contributed by atoms with E-state index in [-0.39, 0.29) is 0 Å². The van der Waals surface area contributed by atoms with Gasteiger partial charge in [-0.05, 0) is 6.08 Å². The summed E-state index contributed by atoms with van der Waals surface area (Å²) in [5.74, 6) is 0.435. The number of nitrogens with two attached hydrogens (primary N) is 1. The molecular formula is C10H18N2. The van der Waals surface area contributed by atoms with E-state index in [0.29, 0.717) is 5.82 Å². The highest BCUT2D eigenvalue weighted by Gasteiger charge is 1.73. The van der Waals surface area contributed by atoms with Gasteiger partial charge in [0.25, 0.3) is 0 Å². The molecule has 0 atom stereocenters. The number of hydrogen-bond acceptors (Lipinski definition) is 2. The van der Waals surface area contributed by atoms with Crippen molar-refractivity contribution in [1.82, 2.24) is 0 Å². The van der Waals surface area contributed by atoms with Crippen LogP contribution in [-0.4, -0.2) is 6.21 Å². The van der Waals surface area contributed by atoms with Crippen LogP contribution in [0.15, 0.2) is 42.2 Å². The summed E-state index contributed by atoms with van der Waals surface area (Å²) in [5, 5.41) is 0. The molecule has 0 amide bonds. The predicted octanol–water partition coefficient (Wildman–Crippen LogP) is 2.65. The highest BCUT2D eigenvalue weighted by molar-refractivity contribution is 5.71. The molecule has 12 heavy (non-hydrogen) atoms. The summed E-state index contributed by atoms with van der Waals surface area (Å²) in [5.41, 5.74) is 5.31. The first-order chi connectivity index (χ1) is 5.72. The van der Waals surface area contributed by atoms with Crippen molar-refractivity contribution in [2.75, 3.05) is 0 Å². The molecule has 0 heterocycles. The Morgan fingerprint density at radius 1 is 1.33 bits per heavy atom. The standard InChI is InChI=1S/C7H10N2.C3H8/c1-3-5-7(8)9-6-4-2;1-3-2/h3-6H,1-2,8H2;3H2,1-2H3/b7-5-,9-6-;. The van der Waals surface area contributed by atoms with E-state index in [1.807, 2.05) is 0 Å². The second kappa shape index (κ2) is 12.4. The van der Waals surface area contributed by atoms with Crippen molar-refractivity contribution >= 4 is 6.21 Å². The molecule has 0 aliphatic rings. The van der Waals surface area contributed by atoms with Crippen molar-refractivity contribution in [1.29, 1.82) is 0 Å². The molecule has 0 aromatic carbocycles. The van der Waals surface area contributed by atoms with Gasteiger partial charge in [-0.3, -0.25) is 0 Å². The summed E-state index contributed by atoms with van der Waals surface area (Å²) in [6.45, 7) is 11.1. The molecule has 0 saturated carbocycles. The average Bonchev–Trinajstić information content (AvgIpc) is 2.03. The van der Waals surface area contributed by atoms with E-state index in [1.165, 1.54) is 12.6 Å². The Kier molecular flexibility index (Phi) is 13.7. The van der Waals surface area contributed by atoms with Crippen LogP contribution in [0.5, 0.6) is 0 Å². The number of aliphatic imine (C=N–C) groups is 1. The highest BCUT2D eigenvalue weighted by atomic mass is 14.9. The lowest BCUT2D eigenvalue weighted by molar-refractivity contribution is 1.09. The molecule has 0 aromatic rings. The van der Waals surface area contributed by atoms with Crippen molar-refractivity contribution in [3.63, 3.8) is 0 Å². The summed E-state index contributed by atoms with van der Waals surface area (Å²) in [6.07, 6.45) is 7.52. The molecule has 0 rings (SSSR count). The van der Waals surface area contributed by atoms with Gasteiger partial charge in [0.2, 0.25) is 0 Å². The van der Waals surface area contributed by atoms with Crippen LogP contribution in [0.2, 0.25) is 0 Å². The summed E-state index contributed by atoms with van der Waals surface area (Å²) >= 11 is 0. The van der Waals surface area contributed by atoms with E-state index in [4.69, 9.17) is 5.73 Å². The third kappa shape index (κ3) is 15.9. The van der Waals surface area contributed by atoms with Crippen molar-refractivity contribution in [2.45, 2.75) is 20.3 Å². The number of nitrogens with zero attached hydrogens (tertiary/aromatic N) is 1. The van der Waals surface area contributed by atoms with Crippen LogP contribution in [-0.2, 0) is 0 Å². The van der Waals surface area contributed by atoms with Crippen LogP contribution in [0.4, 0.5) is 0 Å². The van der Waals surface area contributed by atoms with Crippen molar-refractivity contribution in [2.24, 2.45) is 10.7 Å². The molecule has 2 nitrogen and oxygen atoms in total. The molecule has 0 radical (unpaired) electrons. The van der Waals surface area contributed by atoms with Gasteiger partial charge in [-0.2, -0.15) is 0 Å². The first kappa shape index (κ1) is 13.3. The Balaban J connectivity index is 0. The van der Waals surface area contributed by atoms with Gasteiger partial charge in [0.05, 0.1) is 0 Å². The third-order valence-electron chi connectivity index (χ3n) is 0.618. The normalized spacial score (nSPS) is 10.3. The van der Waals surface area contributed by atoms with Crippen molar-refractivity contribution in [3.05, 3.63) is 37.2 Å². The monoisotopic (exact) mass is 166 g/mol. The summed E-state index contributed by atoms with van der Waals surface area (Å²) in [6, 6.07) is 0. The smallest absolute Gasteiger partial charge is 0.123 e. The number of hydrogen-bond donors (Lipinski definition) is 1. The zero-order valence-corrected chi connectivity index (χ0v) is 7.96. The SMILES string of the molecule is C=C/C=N\C(N)=C/C=C.CCC. The molecule has 2 heteroatoms. The molecule has 0 aromatic heterocycles. The van der Waals surface area contributed by atoms with Gasteiger partial charge in [0.15, 0.2) is 0 Å². The van der Waals surface area contributed by atoms with E-state index < -0.39 is 0 Å². The zero-order chi connectivity index (χ0) is 9.82. The van der Waals surface area contributed by atoms with Crippen LogP contribution in [0.25, 0.3) is 0 Å². The van der Waals surface area contributed by atoms with Crippen LogP contribution >= 0.6 is 0 Å². The lowest BCUT2D eigenvalue weighted by atomic mass is 10.5. The Morgan fingerprint density at radius 3 is 2.17 bits per heavy atom. The maximum atomic E-state index is 5.31. The van der Waals surface area contributed by atoms with Crippen molar-refractivity contribution < 1.29 is 0 Å². The van der Waals surface area contributed by atoms with Crippen LogP contribution < -0.4 is 5.73 Å². The van der Waals surface area contributed by atoms with Gasteiger partial charge < -0.3 is 5.73 Å². The summed E-state index contributed by atoms with van der Waals surface area (Å²) < 4.78 is 0. The molecule has 0 unspecified atom stereocenters. The Morgan fingerprint density at radius 2 is 1.83 bits per heavy atom. The molecule has 2 N–H and O–H groups in total. The Hall–Kier alpha value is -1.31. The molecule has 68 valence electrons. The highest BCUT2D eigenvalue weighted by Crippen LogP contribution is 1.83. The minimum atomic E-state index is 0.435. The topological polar surface area (TPSA) is 38.4 Å². The van der Waals surface area contributed by atoms with Gasteiger partial charge in [-0.25, -0.2) is 4.99 Å². The van der Waals surface area contributed by atoms with Gasteiger partial charge in [-0.15, -0.1) is 0 Å². The van der Waals surface area contributed by atoms with Gasteiger partial charge in [0, 0.05) is 6.21 Å². The van der Waals surface area contributed by atoms with Crippen LogP contribution in [0.3, 0.4) is 0 Å². The van der Waals surface area contributed by atoms with Gasteiger partial charge in [0.1, 0.15) is 5.82 Å². The molecule has 0 spiro atoms. The molecule has 0 aliphatic carbocycles. The average molecular weight is 166 g/mol. The van der Waals surface area contributed by atoms with Crippen LogP contribution in [0, 0.1) is 0 Å². The minimum absolute atomic E-state index is 0.435. The molecule has 0 saturated heterocycles. The maximum absolute atomic E-state index is 5.31. The second-order valence-electron chi connectivity index (χ2n) is 2.05. The van der Waals surface area contributed by atoms with E-state index in [0.717, 1.165) is 0 Å². The first-order valence-corrected chi connectivity index (χ1v) is 3.96. The Labute approximate surface area is 75.2 Å². The lowest BCUT2D eigenvalue weighted by Gasteiger charge is -1.84. The van der Waals surface area contributed by atoms with Gasteiger partial charge >= 0.3 is 0 Å². The zero-order valence-electron chi connectivity index (χ0n) is 7.96. The minimum Gasteiger partial charge on any atom is -0.384 e. The second-order valence-corrected chi connectivity index (χ2v) is 2.05. The van der Waals surface area contributed by atoms with E-state index in [2.05, 4.69) is 32.0 Å². The fourth-order valence-electron chi connectivity index (χ4n) is 0.303. The van der Waals surface area contributed by atoms with E-state index in [1.54, 1.807) is 18.2 Å². The molecule has 0 bridgehead atoms. The Bertz CT molecular complexity index is 167. The molecular weight excluding hydrogens is 148 g/mol. The first-order valence-electron chi connectivity index (χ1n) is 3.96.